The maximum atomic E-state index is 11.6. The smallest absolute Gasteiger partial charge is 0.224 e. The maximum absolute atomic E-state index is 11.6. The van der Waals surface area contributed by atoms with E-state index in [4.69, 9.17) is 11.6 Å². The average Bonchev–Trinajstić information content (AvgIpc) is 2.78. The zero-order chi connectivity index (χ0) is 13.0. The largest absolute Gasteiger partial charge is 0.326 e. The van der Waals surface area contributed by atoms with Crippen LogP contribution in [0.2, 0.25) is 0 Å². The Morgan fingerprint density at radius 1 is 1.56 bits per heavy atom. The summed E-state index contributed by atoms with van der Waals surface area (Å²) in [5.41, 5.74) is 1.79. The van der Waals surface area contributed by atoms with Crippen molar-refractivity contribution < 1.29 is 4.79 Å². The number of carbonyl (C=O) groups excluding carboxylic acids is 1. The predicted octanol–water partition coefficient (Wildman–Crippen LogP) is 3.98. The summed E-state index contributed by atoms with van der Waals surface area (Å²) in [7, 11) is 0. The van der Waals surface area contributed by atoms with E-state index in [-0.39, 0.29) is 5.91 Å². The number of hydrogen-bond acceptors (Lipinski definition) is 4. The number of thioether (sulfide) groups is 1. The second kappa shape index (κ2) is 6.41. The number of rotatable bonds is 5. The highest BCUT2D eigenvalue weighted by atomic mass is 35.5. The van der Waals surface area contributed by atoms with Crippen molar-refractivity contribution >= 4 is 56.5 Å². The molecule has 0 spiro atoms. The summed E-state index contributed by atoms with van der Waals surface area (Å²) in [6.45, 7) is 0. The Hall–Kier alpha value is -0.780. The van der Waals surface area contributed by atoms with Gasteiger partial charge in [-0.2, -0.15) is 0 Å². The zero-order valence-corrected chi connectivity index (χ0v) is 12.3. The fourth-order valence-corrected chi connectivity index (χ4v) is 3.18. The normalized spacial score (nSPS) is 10.8. The monoisotopic (exact) mass is 300 g/mol. The minimum Gasteiger partial charge on any atom is -0.326 e. The van der Waals surface area contributed by atoms with Crippen LogP contribution in [0.4, 0.5) is 5.69 Å². The molecule has 1 aromatic heterocycles. The number of thiazole rings is 1. The van der Waals surface area contributed by atoms with E-state index in [1.54, 1.807) is 23.1 Å². The van der Waals surface area contributed by atoms with Gasteiger partial charge in [-0.15, -0.1) is 22.9 Å². The molecular formula is C12H13ClN2OS2. The van der Waals surface area contributed by atoms with Gasteiger partial charge in [0.05, 0.1) is 10.2 Å². The molecule has 96 valence electrons. The Morgan fingerprint density at radius 2 is 2.39 bits per heavy atom. The number of anilines is 1. The number of aromatic nitrogens is 1. The molecule has 1 aromatic carbocycles. The van der Waals surface area contributed by atoms with Crippen LogP contribution in [0.3, 0.4) is 0 Å². The van der Waals surface area contributed by atoms with Crippen LogP contribution < -0.4 is 5.32 Å². The average molecular weight is 301 g/mol. The number of nitrogens with one attached hydrogen (secondary N) is 1. The Morgan fingerprint density at radius 3 is 3.11 bits per heavy atom. The minimum atomic E-state index is 0.00426. The lowest BCUT2D eigenvalue weighted by atomic mass is 10.2. The number of halogens is 1. The number of amides is 1. The van der Waals surface area contributed by atoms with Crippen LogP contribution >= 0.6 is 34.7 Å². The fourth-order valence-electron chi connectivity index (χ4n) is 1.52. The summed E-state index contributed by atoms with van der Waals surface area (Å²) in [6, 6.07) is 5.78. The molecule has 6 heteroatoms. The second-order valence-corrected chi connectivity index (χ2v) is 6.17. The highest BCUT2D eigenvalue weighted by molar-refractivity contribution is 8.00. The Labute approximate surface area is 119 Å². The van der Waals surface area contributed by atoms with Crippen LogP contribution in [-0.4, -0.2) is 23.0 Å². The van der Waals surface area contributed by atoms with Gasteiger partial charge in [0, 0.05) is 18.0 Å². The number of carbonyl (C=O) groups is 1. The zero-order valence-electron chi connectivity index (χ0n) is 9.90. The topological polar surface area (TPSA) is 42.0 Å². The van der Waals surface area contributed by atoms with Gasteiger partial charge in [-0.05, 0) is 30.9 Å². The van der Waals surface area contributed by atoms with Gasteiger partial charge in [-0.25, -0.2) is 4.98 Å². The number of nitrogens with zero attached hydrogens (tertiary/aromatic N) is 1. The summed E-state index contributed by atoms with van der Waals surface area (Å²) in [5, 5.41) is 2.87. The fraction of sp³-hybridized carbons (Fsp3) is 0.333. The molecule has 0 saturated heterocycles. The molecule has 0 unspecified atom stereocenters. The lowest BCUT2D eigenvalue weighted by Crippen LogP contribution is -2.11. The van der Waals surface area contributed by atoms with Gasteiger partial charge in [-0.1, -0.05) is 11.8 Å². The van der Waals surface area contributed by atoms with Crippen molar-refractivity contribution in [2.24, 2.45) is 0 Å². The number of alkyl halides is 1. The molecule has 0 bridgehead atoms. The lowest BCUT2D eigenvalue weighted by Gasteiger charge is -2.03. The van der Waals surface area contributed by atoms with Crippen molar-refractivity contribution in [1.82, 2.24) is 4.98 Å². The Bertz CT molecular complexity index is 556. The molecular weight excluding hydrogens is 288 g/mol. The van der Waals surface area contributed by atoms with E-state index in [2.05, 4.69) is 10.3 Å². The first-order chi connectivity index (χ1) is 8.72. The molecule has 0 saturated carbocycles. The van der Waals surface area contributed by atoms with Crippen LogP contribution in [0.25, 0.3) is 10.2 Å². The number of fused-ring (bicyclic) bond motifs is 1. The molecule has 1 N–H and O–H groups in total. The Kier molecular flexibility index (Phi) is 4.86. The molecule has 0 radical (unpaired) electrons. The molecule has 1 amide bonds. The summed E-state index contributed by atoms with van der Waals surface area (Å²) in [4.78, 5) is 16.0. The lowest BCUT2D eigenvalue weighted by molar-refractivity contribution is -0.116. The molecule has 2 rings (SSSR count). The predicted molar refractivity (Wildman–Crippen MR) is 80.0 cm³/mol. The molecule has 3 nitrogen and oxygen atoms in total. The number of benzene rings is 1. The van der Waals surface area contributed by atoms with E-state index in [9.17, 15) is 4.79 Å². The summed E-state index contributed by atoms with van der Waals surface area (Å²) < 4.78 is 2.13. The third kappa shape index (κ3) is 3.37. The van der Waals surface area contributed by atoms with Crippen molar-refractivity contribution in [1.29, 1.82) is 0 Å². The van der Waals surface area contributed by atoms with E-state index in [1.807, 2.05) is 24.5 Å². The van der Waals surface area contributed by atoms with Gasteiger partial charge in [0.2, 0.25) is 5.91 Å². The summed E-state index contributed by atoms with van der Waals surface area (Å²) in [5.74, 6) is 0.517. The van der Waals surface area contributed by atoms with Crippen LogP contribution in [0.1, 0.15) is 12.8 Å². The van der Waals surface area contributed by atoms with Gasteiger partial charge in [0.15, 0.2) is 4.34 Å². The highest BCUT2D eigenvalue weighted by Gasteiger charge is 2.06. The molecule has 1 heterocycles. The molecule has 0 aliphatic heterocycles. The van der Waals surface area contributed by atoms with Crippen LogP contribution in [0, 0.1) is 0 Å². The van der Waals surface area contributed by atoms with E-state index in [0.29, 0.717) is 18.7 Å². The van der Waals surface area contributed by atoms with Gasteiger partial charge >= 0.3 is 0 Å². The summed E-state index contributed by atoms with van der Waals surface area (Å²) in [6.07, 6.45) is 3.17. The minimum absolute atomic E-state index is 0.00426. The molecule has 0 atom stereocenters. The van der Waals surface area contributed by atoms with E-state index in [0.717, 1.165) is 20.2 Å². The highest BCUT2D eigenvalue weighted by Crippen LogP contribution is 2.29. The number of hydrogen-bond donors (Lipinski definition) is 1. The first kappa shape index (κ1) is 13.6. The standard InChI is InChI=1S/C12H13ClN2OS2/c1-17-12-15-9-5-4-8(7-10(9)18-12)14-11(16)3-2-6-13/h4-5,7H,2-3,6H2,1H3,(H,14,16). The third-order valence-corrected chi connectivity index (χ3v) is 4.64. The quantitative estimate of drug-likeness (QED) is 0.671. The van der Waals surface area contributed by atoms with Crippen LogP contribution in [0.15, 0.2) is 22.5 Å². The van der Waals surface area contributed by atoms with E-state index >= 15 is 0 Å². The SMILES string of the molecule is CSc1nc2ccc(NC(=O)CCCCl)cc2s1. The van der Waals surface area contributed by atoms with Crippen LogP contribution in [0.5, 0.6) is 0 Å². The molecule has 18 heavy (non-hydrogen) atoms. The van der Waals surface area contributed by atoms with Crippen molar-refractivity contribution in [3.05, 3.63) is 18.2 Å². The third-order valence-electron chi connectivity index (χ3n) is 2.36. The molecule has 2 aromatic rings. The van der Waals surface area contributed by atoms with Crippen molar-refractivity contribution in [2.75, 3.05) is 17.5 Å². The van der Waals surface area contributed by atoms with Crippen molar-refractivity contribution in [2.45, 2.75) is 17.2 Å². The van der Waals surface area contributed by atoms with E-state index in [1.165, 1.54) is 0 Å². The molecule has 0 fully saturated rings. The van der Waals surface area contributed by atoms with Gasteiger partial charge in [0.1, 0.15) is 0 Å². The first-order valence-corrected chi connectivity index (χ1v) is 8.11. The van der Waals surface area contributed by atoms with Gasteiger partial charge in [-0.3, -0.25) is 4.79 Å². The maximum Gasteiger partial charge on any atom is 0.224 e. The van der Waals surface area contributed by atoms with Crippen molar-refractivity contribution in [3.8, 4) is 0 Å². The molecule has 0 aliphatic carbocycles. The van der Waals surface area contributed by atoms with Gasteiger partial charge < -0.3 is 5.32 Å². The van der Waals surface area contributed by atoms with Crippen LogP contribution in [-0.2, 0) is 4.79 Å². The van der Waals surface area contributed by atoms with Gasteiger partial charge in [0.25, 0.3) is 0 Å². The first-order valence-electron chi connectivity index (χ1n) is 5.53. The van der Waals surface area contributed by atoms with Crippen molar-refractivity contribution in [3.63, 3.8) is 0 Å². The Balaban J connectivity index is 2.11. The second-order valence-electron chi connectivity index (χ2n) is 3.71. The molecule has 0 aliphatic rings. The summed E-state index contributed by atoms with van der Waals surface area (Å²) >= 11 is 8.82. The van der Waals surface area contributed by atoms with E-state index < -0.39 is 0 Å².